The van der Waals surface area contributed by atoms with E-state index >= 15 is 0 Å². The Hall–Kier alpha value is -2.29. The molecule has 108 valence electrons. The van der Waals surface area contributed by atoms with Gasteiger partial charge in [0.05, 0.1) is 0 Å². The molecule has 0 aliphatic carbocycles. The molecule has 2 aromatic heterocycles. The number of H-pyrrole nitrogens is 1. The van der Waals surface area contributed by atoms with Crippen LogP contribution in [0.1, 0.15) is 5.82 Å². The highest BCUT2D eigenvalue weighted by Crippen LogP contribution is 2.29. The van der Waals surface area contributed by atoms with Crippen LogP contribution in [0.5, 0.6) is 11.6 Å². The lowest BCUT2D eigenvalue weighted by Crippen LogP contribution is -2.13. The number of rotatable bonds is 2. The lowest BCUT2D eigenvalue weighted by Gasteiger charge is -2.08. The first-order valence-electron chi connectivity index (χ1n) is 5.73. The number of nitrogens with zero attached hydrogens (tertiary/aromatic N) is 3. The fourth-order valence-electron chi connectivity index (χ4n) is 1.84. The van der Waals surface area contributed by atoms with E-state index in [0.29, 0.717) is 10.3 Å². The van der Waals surface area contributed by atoms with Crippen molar-refractivity contribution < 1.29 is 13.5 Å². The smallest absolute Gasteiger partial charge is 0.349 e. The number of ether oxygens (including phenoxy) is 1. The summed E-state index contributed by atoms with van der Waals surface area (Å²) in [7, 11) is 0. The monoisotopic (exact) mass is 356 g/mol. The number of hydrogen-bond donors (Lipinski definition) is 1. The highest BCUT2D eigenvalue weighted by atomic mass is 79.9. The lowest BCUT2D eigenvalue weighted by molar-refractivity contribution is 0.403. The van der Waals surface area contributed by atoms with Gasteiger partial charge in [-0.25, -0.2) is 18.7 Å². The first kappa shape index (κ1) is 13.7. The molecule has 1 aromatic carbocycles. The third kappa shape index (κ3) is 2.40. The van der Waals surface area contributed by atoms with Crippen LogP contribution in [0.3, 0.4) is 0 Å². The average molecular weight is 357 g/mol. The average Bonchev–Trinajstić information content (AvgIpc) is 2.77. The van der Waals surface area contributed by atoms with Crippen LogP contribution in [0.15, 0.2) is 27.5 Å². The molecular weight excluding hydrogens is 350 g/mol. The third-order valence-corrected chi connectivity index (χ3v) is 3.18. The second-order valence-electron chi connectivity index (χ2n) is 4.17. The van der Waals surface area contributed by atoms with Crippen LogP contribution < -0.4 is 10.4 Å². The summed E-state index contributed by atoms with van der Waals surface area (Å²) in [6.45, 7) is 1.56. The molecule has 1 N–H and O–H groups in total. The largest absolute Gasteiger partial charge is 0.436 e. The van der Waals surface area contributed by atoms with Crippen LogP contribution >= 0.6 is 15.9 Å². The SMILES string of the molecule is Cc1nc(Oc2cc(Br)cc(F)c2F)cc2n[nH]c(=O)n12. The Kier molecular flexibility index (Phi) is 3.20. The van der Waals surface area contributed by atoms with Gasteiger partial charge in [0.15, 0.2) is 17.2 Å². The van der Waals surface area contributed by atoms with Crippen molar-refractivity contribution in [1.29, 1.82) is 0 Å². The molecule has 3 aromatic rings. The Morgan fingerprint density at radius 1 is 1.33 bits per heavy atom. The quantitative estimate of drug-likeness (QED) is 0.716. The van der Waals surface area contributed by atoms with Crippen molar-refractivity contribution in [2.45, 2.75) is 6.92 Å². The third-order valence-electron chi connectivity index (χ3n) is 2.72. The summed E-state index contributed by atoms with van der Waals surface area (Å²) < 4.78 is 33.8. The Balaban J connectivity index is 2.08. The maximum Gasteiger partial charge on any atom is 0.349 e. The lowest BCUT2D eigenvalue weighted by atomic mass is 10.3. The van der Waals surface area contributed by atoms with Gasteiger partial charge in [0.2, 0.25) is 11.7 Å². The molecule has 0 unspecified atom stereocenters. The topological polar surface area (TPSA) is 72.3 Å². The van der Waals surface area contributed by atoms with Crippen molar-refractivity contribution >= 4 is 21.6 Å². The number of nitrogens with one attached hydrogen (secondary N) is 1. The summed E-state index contributed by atoms with van der Waals surface area (Å²) in [6.07, 6.45) is 0. The zero-order valence-corrected chi connectivity index (χ0v) is 12.1. The van der Waals surface area contributed by atoms with Gasteiger partial charge in [0, 0.05) is 10.5 Å². The maximum atomic E-state index is 13.7. The normalized spacial score (nSPS) is 11.0. The van der Waals surface area contributed by atoms with Crippen molar-refractivity contribution in [3.63, 3.8) is 0 Å². The van der Waals surface area contributed by atoms with Gasteiger partial charge in [-0.05, 0) is 19.1 Å². The minimum Gasteiger partial charge on any atom is -0.436 e. The zero-order valence-electron chi connectivity index (χ0n) is 10.5. The second-order valence-corrected chi connectivity index (χ2v) is 5.08. The van der Waals surface area contributed by atoms with Gasteiger partial charge >= 0.3 is 5.69 Å². The molecule has 6 nitrogen and oxygen atoms in total. The molecule has 0 saturated carbocycles. The highest BCUT2D eigenvalue weighted by molar-refractivity contribution is 9.10. The Bertz CT molecular complexity index is 906. The molecule has 0 aliphatic rings. The van der Waals surface area contributed by atoms with Gasteiger partial charge in [-0.1, -0.05) is 15.9 Å². The number of halogens is 3. The second kappa shape index (κ2) is 4.92. The first-order valence-corrected chi connectivity index (χ1v) is 6.52. The maximum absolute atomic E-state index is 13.7. The summed E-state index contributed by atoms with van der Waals surface area (Å²) in [6, 6.07) is 3.59. The van der Waals surface area contributed by atoms with E-state index in [1.165, 1.54) is 16.5 Å². The number of benzene rings is 1. The number of aromatic amines is 1. The van der Waals surface area contributed by atoms with E-state index in [4.69, 9.17) is 4.74 Å². The van der Waals surface area contributed by atoms with E-state index in [9.17, 15) is 13.6 Å². The fraction of sp³-hybridized carbons (Fsp3) is 0.0833. The van der Waals surface area contributed by atoms with E-state index in [0.717, 1.165) is 6.07 Å². The van der Waals surface area contributed by atoms with Gasteiger partial charge < -0.3 is 4.74 Å². The van der Waals surface area contributed by atoms with Crippen LogP contribution in [0.25, 0.3) is 5.65 Å². The van der Waals surface area contributed by atoms with E-state index in [2.05, 4.69) is 31.1 Å². The van der Waals surface area contributed by atoms with Crippen molar-refractivity contribution in [3.8, 4) is 11.6 Å². The summed E-state index contributed by atoms with van der Waals surface area (Å²) in [4.78, 5) is 15.5. The molecule has 3 rings (SSSR count). The standard InChI is InChI=1S/C12H7BrF2N4O2/c1-5-16-10(4-9-17-18-12(20)19(5)9)21-8-3-6(13)2-7(14)11(8)15/h2-4H,1H3,(H,18,20). The van der Waals surface area contributed by atoms with E-state index in [-0.39, 0.29) is 17.3 Å². The predicted octanol–water partition coefficient (Wildman–Crippen LogP) is 2.56. The minimum atomic E-state index is -1.13. The number of fused-ring (bicyclic) bond motifs is 1. The summed E-state index contributed by atoms with van der Waals surface area (Å²) in [5, 5.41) is 6.03. The van der Waals surface area contributed by atoms with Gasteiger partial charge in [-0.3, -0.25) is 0 Å². The molecule has 0 radical (unpaired) electrons. The Labute approximate surface area is 124 Å². The van der Waals surface area contributed by atoms with E-state index in [1.807, 2.05) is 0 Å². The molecule has 0 atom stereocenters. The molecule has 0 amide bonds. The van der Waals surface area contributed by atoms with Crippen molar-refractivity contribution in [3.05, 3.63) is 50.6 Å². The molecule has 2 heterocycles. The van der Waals surface area contributed by atoms with E-state index in [1.54, 1.807) is 6.92 Å². The van der Waals surface area contributed by atoms with Crippen LogP contribution in [-0.2, 0) is 0 Å². The fourth-order valence-corrected chi connectivity index (χ4v) is 2.25. The number of aromatic nitrogens is 4. The van der Waals surface area contributed by atoms with Crippen LogP contribution in [-0.4, -0.2) is 19.6 Å². The Morgan fingerprint density at radius 2 is 2.10 bits per heavy atom. The molecule has 21 heavy (non-hydrogen) atoms. The molecule has 0 fully saturated rings. The Morgan fingerprint density at radius 3 is 2.86 bits per heavy atom. The highest BCUT2D eigenvalue weighted by Gasteiger charge is 2.14. The molecular formula is C12H7BrF2N4O2. The summed E-state index contributed by atoms with van der Waals surface area (Å²) in [5.41, 5.74) is -0.181. The van der Waals surface area contributed by atoms with Crippen LogP contribution in [0.4, 0.5) is 8.78 Å². The number of hydrogen-bond acceptors (Lipinski definition) is 4. The predicted molar refractivity (Wildman–Crippen MR) is 72.5 cm³/mol. The van der Waals surface area contributed by atoms with Gasteiger partial charge in [-0.2, -0.15) is 14.5 Å². The van der Waals surface area contributed by atoms with E-state index < -0.39 is 17.3 Å². The van der Waals surface area contributed by atoms with Crippen molar-refractivity contribution in [1.82, 2.24) is 19.6 Å². The minimum absolute atomic E-state index is 0.00426. The molecule has 0 aliphatic heterocycles. The van der Waals surface area contributed by atoms with Crippen molar-refractivity contribution in [2.75, 3.05) is 0 Å². The van der Waals surface area contributed by atoms with Crippen molar-refractivity contribution in [2.24, 2.45) is 0 Å². The first-order chi connectivity index (χ1) is 9.95. The van der Waals surface area contributed by atoms with Crippen LogP contribution in [0, 0.1) is 18.6 Å². The van der Waals surface area contributed by atoms with Crippen LogP contribution in [0.2, 0.25) is 0 Å². The molecule has 0 spiro atoms. The van der Waals surface area contributed by atoms with Gasteiger partial charge in [0.25, 0.3) is 0 Å². The summed E-state index contributed by atoms with van der Waals surface area (Å²) >= 11 is 3.05. The molecule has 0 bridgehead atoms. The summed E-state index contributed by atoms with van der Waals surface area (Å²) in [5.74, 6) is -2.20. The van der Waals surface area contributed by atoms with Gasteiger partial charge in [-0.15, -0.1) is 0 Å². The molecule has 0 saturated heterocycles. The van der Waals surface area contributed by atoms with Gasteiger partial charge in [0.1, 0.15) is 5.82 Å². The number of aryl methyl sites for hydroxylation is 1. The zero-order chi connectivity index (χ0) is 15.1. The molecule has 9 heteroatoms.